The summed E-state index contributed by atoms with van der Waals surface area (Å²) in [6.07, 6.45) is 0. The fourth-order valence-electron chi connectivity index (χ4n) is 1.01. The van der Waals surface area contributed by atoms with Gasteiger partial charge in [-0.05, 0) is 12.1 Å². The van der Waals surface area contributed by atoms with E-state index in [9.17, 15) is 0 Å². The van der Waals surface area contributed by atoms with Gasteiger partial charge in [0.15, 0.2) is 5.82 Å². The number of nitrogens with zero attached hydrogens (tertiary/aromatic N) is 3. The van der Waals surface area contributed by atoms with Crippen molar-refractivity contribution in [1.82, 2.24) is 10.2 Å². The number of nitrogens with two attached hydrogens (primary N) is 1. The molecule has 0 saturated carbocycles. The zero-order valence-corrected chi connectivity index (χ0v) is 8.60. The van der Waals surface area contributed by atoms with Gasteiger partial charge in [0.25, 0.3) is 0 Å². The van der Waals surface area contributed by atoms with Gasteiger partial charge in [-0.3, -0.25) is 0 Å². The maximum absolute atomic E-state index is 5.42. The van der Waals surface area contributed by atoms with Crippen LogP contribution in [0.25, 0.3) is 0 Å². The Bertz CT molecular complexity index is 262. The van der Waals surface area contributed by atoms with Gasteiger partial charge in [0.1, 0.15) is 0 Å². The van der Waals surface area contributed by atoms with E-state index >= 15 is 0 Å². The Kier molecular flexibility index (Phi) is 4.28. The molecule has 78 valence electrons. The van der Waals surface area contributed by atoms with Crippen LogP contribution in [0.1, 0.15) is 5.69 Å². The number of aromatic nitrogens is 2. The Morgan fingerprint density at radius 1 is 1.43 bits per heavy atom. The summed E-state index contributed by atoms with van der Waals surface area (Å²) in [6.45, 7) is 1.90. The summed E-state index contributed by atoms with van der Waals surface area (Å²) >= 11 is 0. The van der Waals surface area contributed by atoms with Crippen LogP contribution in [0.4, 0.5) is 5.82 Å². The first kappa shape index (κ1) is 10.9. The molecule has 0 aliphatic heterocycles. The molecular weight excluding hydrogens is 180 g/mol. The first-order valence-corrected chi connectivity index (χ1v) is 4.50. The molecule has 0 aromatic carbocycles. The van der Waals surface area contributed by atoms with Crippen molar-refractivity contribution >= 4 is 5.82 Å². The molecule has 0 spiro atoms. The van der Waals surface area contributed by atoms with Crippen molar-refractivity contribution in [3.05, 3.63) is 17.8 Å². The number of rotatable bonds is 5. The molecule has 1 rings (SSSR count). The van der Waals surface area contributed by atoms with E-state index in [0.29, 0.717) is 13.2 Å². The summed E-state index contributed by atoms with van der Waals surface area (Å²) in [7, 11) is 3.63. The summed E-state index contributed by atoms with van der Waals surface area (Å²) in [6, 6.07) is 3.79. The summed E-state index contributed by atoms with van der Waals surface area (Å²) in [5.74, 6) is 0.833. The topological polar surface area (TPSA) is 64.3 Å². The highest BCUT2D eigenvalue weighted by molar-refractivity contribution is 5.35. The highest BCUT2D eigenvalue weighted by Gasteiger charge is 2.02. The number of hydrogen-bond donors (Lipinski definition) is 1. The number of likely N-dealkylation sites (N-methyl/N-ethyl adjacent to an activating group) is 1. The van der Waals surface area contributed by atoms with Crippen LogP contribution in [0.15, 0.2) is 12.1 Å². The normalized spacial score (nSPS) is 10.2. The van der Waals surface area contributed by atoms with E-state index in [1.165, 1.54) is 0 Å². The molecule has 5 heteroatoms. The van der Waals surface area contributed by atoms with Crippen molar-refractivity contribution in [1.29, 1.82) is 0 Å². The summed E-state index contributed by atoms with van der Waals surface area (Å²) in [5, 5.41) is 8.01. The molecule has 0 aliphatic carbocycles. The number of ether oxygens (including phenoxy) is 1. The Hall–Kier alpha value is -1.20. The molecule has 0 amide bonds. The van der Waals surface area contributed by atoms with Gasteiger partial charge in [-0.1, -0.05) is 0 Å². The molecule has 5 nitrogen and oxygen atoms in total. The van der Waals surface area contributed by atoms with Gasteiger partial charge in [0.2, 0.25) is 0 Å². The van der Waals surface area contributed by atoms with Gasteiger partial charge >= 0.3 is 0 Å². The first-order valence-electron chi connectivity index (χ1n) is 4.50. The van der Waals surface area contributed by atoms with E-state index in [1.54, 1.807) is 7.11 Å². The maximum Gasteiger partial charge on any atom is 0.151 e. The lowest BCUT2D eigenvalue weighted by molar-refractivity contribution is 0.206. The van der Waals surface area contributed by atoms with Crippen LogP contribution in [0.2, 0.25) is 0 Å². The van der Waals surface area contributed by atoms with Crippen molar-refractivity contribution in [3.63, 3.8) is 0 Å². The van der Waals surface area contributed by atoms with Crippen LogP contribution < -0.4 is 10.6 Å². The van der Waals surface area contributed by atoms with E-state index in [0.717, 1.165) is 18.1 Å². The predicted molar refractivity (Wildman–Crippen MR) is 55.1 cm³/mol. The van der Waals surface area contributed by atoms with Crippen LogP contribution in [-0.4, -0.2) is 37.5 Å². The van der Waals surface area contributed by atoms with E-state index in [2.05, 4.69) is 10.2 Å². The van der Waals surface area contributed by atoms with Crippen molar-refractivity contribution in [2.24, 2.45) is 5.73 Å². The fraction of sp³-hybridized carbons (Fsp3) is 0.556. The van der Waals surface area contributed by atoms with Gasteiger partial charge in [-0.15, -0.1) is 5.10 Å². The Labute approximate surface area is 83.9 Å². The summed E-state index contributed by atoms with van der Waals surface area (Å²) in [4.78, 5) is 1.98. The van der Waals surface area contributed by atoms with Gasteiger partial charge < -0.3 is 15.4 Å². The average molecular weight is 196 g/mol. The third-order valence-corrected chi connectivity index (χ3v) is 1.94. The molecule has 0 fully saturated rings. The highest BCUT2D eigenvalue weighted by Crippen LogP contribution is 2.06. The molecule has 1 heterocycles. The first-order chi connectivity index (χ1) is 6.77. The van der Waals surface area contributed by atoms with Gasteiger partial charge in [0, 0.05) is 27.2 Å². The minimum Gasteiger partial charge on any atom is -0.383 e. The van der Waals surface area contributed by atoms with E-state index in [4.69, 9.17) is 10.5 Å². The second-order valence-corrected chi connectivity index (χ2v) is 3.00. The Morgan fingerprint density at radius 3 is 2.71 bits per heavy atom. The zero-order chi connectivity index (χ0) is 10.4. The van der Waals surface area contributed by atoms with Crippen molar-refractivity contribution in [2.75, 3.05) is 32.2 Å². The molecule has 0 aliphatic rings. The molecule has 0 atom stereocenters. The van der Waals surface area contributed by atoms with Crippen LogP contribution in [-0.2, 0) is 11.3 Å². The van der Waals surface area contributed by atoms with Crippen molar-refractivity contribution in [3.8, 4) is 0 Å². The molecule has 1 aromatic rings. The zero-order valence-electron chi connectivity index (χ0n) is 8.60. The smallest absolute Gasteiger partial charge is 0.151 e. The maximum atomic E-state index is 5.42. The molecule has 2 N–H and O–H groups in total. The minimum absolute atomic E-state index is 0.426. The molecule has 0 saturated heterocycles. The standard InChI is InChI=1S/C9H16N4O/c1-13(5-6-14-2)9-4-3-8(7-10)11-12-9/h3-4H,5-7,10H2,1-2H3. The molecular formula is C9H16N4O. The Morgan fingerprint density at radius 2 is 2.21 bits per heavy atom. The predicted octanol–water partition coefficient (Wildman–Crippen LogP) is 0.0179. The number of methoxy groups -OCH3 is 1. The van der Waals surface area contributed by atoms with Crippen molar-refractivity contribution < 1.29 is 4.74 Å². The Balaban J connectivity index is 2.57. The highest BCUT2D eigenvalue weighted by atomic mass is 16.5. The van der Waals surface area contributed by atoms with Crippen LogP contribution >= 0.6 is 0 Å². The number of anilines is 1. The lowest BCUT2D eigenvalue weighted by Gasteiger charge is -2.16. The lowest BCUT2D eigenvalue weighted by atomic mass is 10.4. The monoisotopic (exact) mass is 196 g/mol. The fourth-order valence-corrected chi connectivity index (χ4v) is 1.01. The van der Waals surface area contributed by atoms with Crippen LogP contribution in [0.3, 0.4) is 0 Å². The quantitative estimate of drug-likeness (QED) is 0.719. The van der Waals surface area contributed by atoms with Gasteiger partial charge in [0.05, 0.1) is 12.3 Å². The third kappa shape index (κ3) is 2.93. The average Bonchev–Trinajstić information content (AvgIpc) is 2.26. The van der Waals surface area contributed by atoms with E-state index < -0.39 is 0 Å². The minimum atomic E-state index is 0.426. The summed E-state index contributed by atoms with van der Waals surface area (Å²) in [5.41, 5.74) is 6.22. The second kappa shape index (κ2) is 5.51. The molecule has 0 unspecified atom stereocenters. The van der Waals surface area contributed by atoms with E-state index in [1.807, 2.05) is 24.1 Å². The second-order valence-electron chi connectivity index (χ2n) is 3.00. The third-order valence-electron chi connectivity index (χ3n) is 1.94. The van der Waals surface area contributed by atoms with Crippen LogP contribution in [0.5, 0.6) is 0 Å². The van der Waals surface area contributed by atoms with E-state index in [-0.39, 0.29) is 0 Å². The number of hydrogen-bond acceptors (Lipinski definition) is 5. The molecule has 1 aromatic heterocycles. The largest absolute Gasteiger partial charge is 0.383 e. The van der Waals surface area contributed by atoms with Crippen molar-refractivity contribution in [2.45, 2.75) is 6.54 Å². The van der Waals surface area contributed by atoms with Crippen LogP contribution in [0, 0.1) is 0 Å². The van der Waals surface area contributed by atoms with Gasteiger partial charge in [-0.25, -0.2) is 0 Å². The SMILES string of the molecule is COCCN(C)c1ccc(CN)nn1. The molecule has 0 bridgehead atoms. The lowest BCUT2D eigenvalue weighted by Crippen LogP contribution is -2.23. The molecule has 0 radical (unpaired) electrons. The molecule has 14 heavy (non-hydrogen) atoms. The summed E-state index contributed by atoms with van der Waals surface area (Å²) < 4.78 is 4.97. The van der Waals surface area contributed by atoms with Gasteiger partial charge in [-0.2, -0.15) is 5.10 Å².